The Kier molecular flexibility index (Phi) is 6.66. The van der Waals surface area contributed by atoms with Crippen molar-refractivity contribution in [2.24, 2.45) is 11.7 Å². The topological polar surface area (TPSA) is 29.3 Å². The maximum Gasteiger partial charge on any atom is 0.0249 e. The molecule has 1 saturated heterocycles. The Morgan fingerprint density at radius 1 is 0.947 bits per heavy atom. The average Bonchev–Trinajstić information content (AvgIpc) is 2.82. The second-order valence-electron chi connectivity index (χ2n) is 6.70. The summed E-state index contributed by atoms with van der Waals surface area (Å²) in [6, 6.07) is 1.47. The fraction of sp³-hybridized carbons (Fsp3) is 1.00. The zero-order chi connectivity index (χ0) is 13.5. The highest BCUT2D eigenvalue weighted by Crippen LogP contribution is 2.31. The molecule has 2 atom stereocenters. The second kappa shape index (κ2) is 8.26. The normalized spacial score (nSPS) is 29.7. The van der Waals surface area contributed by atoms with E-state index in [4.69, 9.17) is 5.73 Å². The monoisotopic (exact) mass is 266 g/mol. The summed E-state index contributed by atoms with van der Waals surface area (Å²) < 4.78 is 0. The maximum atomic E-state index is 6.21. The van der Waals surface area contributed by atoms with Gasteiger partial charge in [0.15, 0.2) is 0 Å². The van der Waals surface area contributed by atoms with E-state index in [0.29, 0.717) is 6.04 Å². The van der Waals surface area contributed by atoms with E-state index in [1.807, 2.05) is 0 Å². The molecule has 2 rings (SSSR count). The summed E-state index contributed by atoms with van der Waals surface area (Å²) >= 11 is 0. The minimum atomic E-state index is 0.668. The first-order chi connectivity index (χ1) is 9.36. The van der Waals surface area contributed by atoms with E-state index in [-0.39, 0.29) is 0 Å². The van der Waals surface area contributed by atoms with Gasteiger partial charge >= 0.3 is 0 Å². The molecule has 0 spiro atoms. The molecule has 1 saturated carbocycles. The molecular formula is C17H34N2. The smallest absolute Gasteiger partial charge is 0.0249 e. The largest absolute Gasteiger partial charge is 0.329 e. The minimum Gasteiger partial charge on any atom is -0.329 e. The zero-order valence-corrected chi connectivity index (χ0v) is 12.9. The number of nitrogens with zero attached hydrogens (tertiary/aromatic N) is 1. The lowest BCUT2D eigenvalue weighted by molar-refractivity contribution is 0.0880. The molecule has 2 aliphatic rings. The number of hydrogen-bond acceptors (Lipinski definition) is 2. The van der Waals surface area contributed by atoms with E-state index in [0.717, 1.165) is 18.5 Å². The highest BCUT2D eigenvalue weighted by molar-refractivity contribution is 4.87. The van der Waals surface area contributed by atoms with Crippen LogP contribution in [0.4, 0.5) is 0 Å². The standard InChI is InChI=1S/C17H34N2/c1-2-16-12-8-5-9-13-19(16)17(14-18)15-10-6-3-4-7-11-15/h15-17H,2-14,18H2,1H3. The van der Waals surface area contributed by atoms with Crippen LogP contribution in [0.3, 0.4) is 0 Å². The summed E-state index contributed by atoms with van der Waals surface area (Å²) in [7, 11) is 0. The van der Waals surface area contributed by atoms with Crippen molar-refractivity contribution in [2.45, 2.75) is 89.6 Å². The Morgan fingerprint density at radius 3 is 2.21 bits per heavy atom. The van der Waals surface area contributed by atoms with Crippen LogP contribution in [0.25, 0.3) is 0 Å². The van der Waals surface area contributed by atoms with Gasteiger partial charge in [-0.05, 0) is 44.6 Å². The van der Waals surface area contributed by atoms with E-state index >= 15 is 0 Å². The fourth-order valence-corrected chi connectivity index (χ4v) is 4.37. The van der Waals surface area contributed by atoms with Crippen molar-refractivity contribution < 1.29 is 0 Å². The molecule has 1 aliphatic heterocycles. The number of nitrogens with two attached hydrogens (primary N) is 1. The molecule has 0 amide bonds. The lowest BCUT2D eigenvalue weighted by Crippen LogP contribution is -2.50. The number of hydrogen-bond donors (Lipinski definition) is 1. The van der Waals surface area contributed by atoms with Gasteiger partial charge in [-0.15, -0.1) is 0 Å². The zero-order valence-electron chi connectivity index (χ0n) is 12.9. The Hall–Kier alpha value is -0.0800. The molecule has 2 nitrogen and oxygen atoms in total. The molecule has 0 aromatic heterocycles. The van der Waals surface area contributed by atoms with Gasteiger partial charge in [0.2, 0.25) is 0 Å². The van der Waals surface area contributed by atoms with Gasteiger partial charge in [-0.25, -0.2) is 0 Å². The van der Waals surface area contributed by atoms with E-state index in [1.54, 1.807) is 0 Å². The first kappa shape index (κ1) is 15.3. The van der Waals surface area contributed by atoms with Crippen molar-refractivity contribution >= 4 is 0 Å². The molecule has 0 aromatic carbocycles. The van der Waals surface area contributed by atoms with Crippen molar-refractivity contribution in [3.63, 3.8) is 0 Å². The van der Waals surface area contributed by atoms with E-state index in [1.165, 1.54) is 77.2 Å². The van der Waals surface area contributed by atoms with Crippen LogP contribution in [0.5, 0.6) is 0 Å². The SMILES string of the molecule is CCC1CCCCCN1C(CN)C1CCCCCC1. The molecule has 0 bridgehead atoms. The molecule has 19 heavy (non-hydrogen) atoms. The molecule has 2 N–H and O–H groups in total. The van der Waals surface area contributed by atoms with Gasteiger partial charge in [0.05, 0.1) is 0 Å². The van der Waals surface area contributed by atoms with Crippen molar-refractivity contribution in [3.05, 3.63) is 0 Å². The van der Waals surface area contributed by atoms with Gasteiger partial charge in [-0.2, -0.15) is 0 Å². The summed E-state index contributed by atoms with van der Waals surface area (Å²) in [5.41, 5.74) is 6.21. The third-order valence-electron chi connectivity index (χ3n) is 5.51. The van der Waals surface area contributed by atoms with Crippen LogP contribution >= 0.6 is 0 Å². The summed E-state index contributed by atoms with van der Waals surface area (Å²) in [6.45, 7) is 4.54. The minimum absolute atomic E-state index is 0.668. The summed E-state index contributed by atoms with van der Waals surface area (Å²) in [5.74, 6) is 0.875. The van der Waals surface area contributed by atoms with Crippen LogP contribution in [-0.4, -0.2) is 30.1 Å². The molecule has 112 valence electrons. The Morgan fingerprint density at radius 2 is 1.58 bits per heavy atom. The summed E-state index contributed by atoms with van der Waals surface area (Å²) in [5, 5.41) is 0. The molecular weight excluding hydrogens is 232 g/mol. The molecule has 1 heterocycles. The van der Waals surface area contributed by atoms with Crippen molar-refractivity contribution in [2.75, 3.05) is 13.1 Å². The van der Waals surface area contributed by atoms with Crippen LogP contribution < -0.4 is 5.73 Å². The van der Waals surface area contributed by atoms with E-state index in [2.05, 4.69) is 11.8 Å². The predicted molar refractivity (Wildman–Crippen MR) is 83.3 cm³/mol. The third-order valence-corrected chi connectivity index (χ3v) is 5.51. The number of likely N-dealkylation sites (tertiary alicyclic amines) is 1. The lowest BCUT2D eigenvalue weighted by atomic mass is 9.89. The first-order valence-corrected chi connectivity index (χ1v) is 8.82. The van der Waals surface area contributed by atoms with Crippen molar-refractivity contribution in [3.8, 4) is 0 Å². The van der Waals surface area contributed by atoms with Gasteiger partial charge in [0.1, 0.15) is 0 Å². The predicted octanol–water partition coefficient (Wildman–Crippen LogP) is 3.94. The van der Waals surface area contributed by atoms with Crippen LogP contribution in [-0.2, 0) is 0 Å². The Bertz CT molecular complexity index is 233. The van der Waals surface area contributed by atoms with Gasteiger partial charge in [-0.3, -0.25) is 4.90 Å². The van der Waals surface area contributed by atoms with Crippen molar-refractivity contribution in [1.29, 1.82) is 0 Å². The lowest BCUT2D eigenvalue weighted by Gasteiger charge is -2.40. The fourth-order valence-electron chi connectivity index (χ4n) is 4.37. The maximum absolute atomic E-state index is 6.21. The first-order valence-electron chi connectivity index (χ1n) is 8.82. The highest BCUT2D eigenvalue weighted by Gasteiger charge is 2.31. The molecule has 1 aliphatic carbocycles. The quantitative estimate of drug-likeness (QED) is 0.781. The molecule has 2 heteroatoms. The second-order valence-corrected chi connectivity index (χ2v) is 6.70. The van der Waals surface area contributed by atoms with Crippen LogP contribution in [0.15, 0.2) is 0 Å². The average molecular weight is 266 g/mol. The molecule has 0 aromatic rings. The van der Waals surface area contributed by atoms with Crippen LogP contribution in [0, 0.1) is 5.92 Å². The Labute approximate surface area is 120 Å². The van der Waals surface area contributed by atoms with E-state index < -0.39 is 0 Å². The summed E-state index contributed by atoms with van der Waals surface area (Å²) in [6.07, 6.45) is 15.6. The molecule has 2 unspecified atom stereocenters. The van der Waals surface area contributed by atoms with Gasteiger partial charge in [0, 0.05) is 18.6 Å². The van der Waals surface area contributed by atoms with Crippen LogP contribution in [0.1, 0.15) is 77.6 Å². The number of rotatable bonds is 4. The van der Waals surface area contributed by atoms with E-state index in [9.17, 15) is 0 Å². The van der Waals surface area contributed by atoms with Crippen molar-refractivity contribution in [1.82, 2.24) is 4.90 Å². The van der Waals surface area contributed by atoms with Crippen LogP contribution in [0.2, 0.25) is 0 Å². The van der Waals surface area contributed by atoms with Gasteiger partial charge in [0.25, 0.3) is 0 Å². The summed E-state index contributed by atoms with van der Waals surface area (Å²) in [4.78, 5) is 2.82. The van der Waals surface area contributed by atoms with Gasteiger partial charge < -0.3 is 5.73 Å². The molecule has 0 radical (unpaired) electrons. The highest BCUT2D eigenvalue weighted by atomic mass is 15.2. The molecule has 2 fully saturated rings. The van der Waals surface area contributed by atoms with Gasteiger partial charge in [-0.1, -0.05) is 45.4 Å². The Balaban J connectivity index is 2.03. The third kappa shape index (κ3) is 4.19.